The first-order valence-corrected chi connectivity index (χ1v) is 5.53. The maximum absolute atomic E-state index is 11.6. The second-order valence-corrected chi connectivity index (χ2v) is 4.63. The third-order valence-electron chi connectivity index (χ3n) is 3.27. The third kappa shape index (κ3) is 1.59. The van der Waals surface area contributed by atoms with Crippen molar-refractivity contribution in [1.29, 1.82) is 0 Å². The molecule has 2 aliphatic heterocycles. The number of amides is 1. The van der Waals surface area contributed by atoms with Crippen molar-refractivity contribution < 1.29 is 9.53 Å². The Hall–Kier alpha value is -0.770. The molecule has 3 fully saturated rings. The van der Waals surface area contributed by atoms with Crippen molar-refractivity contribution in [3.8, 4) is 0 Å². The highest BCUT2D eigenvalue weighted by Crippen LogP contribution is 2.26. The van der Waals surface area contributed by atoms with E-state index in [2.05, 4.69) is 5.32 Å². The Kier molecular flexibility index (Phi) is 1.90. The number of ether oxygens (including phenoxy) is 1. The zero-order valence-corrected chi connectivity index (χ0v) is 8.24. The zero-order valence-electron chi connectivity index (χ0n) is 8.24. The Balaban J connectivity index is 1.58. The standard InChI is InChI=1S/C10H16N2O2/c13-10(14-9-3-4-9)12-5-7-1-2-8(6-12)11-7/h7-9,11H,1-6H2. The van der Waals surface area contributed by atoms with Gasteiger partial charge in [-0.05, 0) is 25.7 Å². The van der Waals surface area contributed by atoms with Gasteiger partial charge in [-0.25, -0.2) is 4.79 Å². The van der Waals surface area contributed by atoms with Gasteiger partial charge >= 0.3 is 6.09 Å². The van der Waals surface area contributed by atoms with Crippen molar-refractivity contribution in [2.24, 2.45) is 0 Å². The molecule has 0 aromatic rings. The second kappa shape index (κ2) is 3.12. The van der Waals surface area contributed by atoms with Crippen LogP contribution in [0, 0.1) is 0 Å². The smallest absolute Gasteiger partial charge is 0.410 e. The molecule has 2 atom stereocenters. The summed E-state index contributed by atoms with van der Waals surface area (Å²) in [7, 11) is 0. The predicted molar refractivity (Wildman–Crippen MR) is 51.0 cm³/mol. The molecule has 3 aliphatic rings. The fraction of sp³-hybridized carbons (Fsp3) is 0.900. The van der Waals surface area contributed by atoms with Crippen molar-refractivity contribution in [1.82, 2.24) is 10.2 Å². The quantitative estimate of drug-likeness (QED) is 0.672. The van der Waals surface area contributed by atoms with Crippen LogP contribution < -0.4 is 5.32 Å². The highest BCUT2D eigenvalue weighted by atomic mass is 16.6. The molecular weight excluding hydrogens is 180 g/mol. The number of nitrogens with zero attached hydrogens (tertiary/aromatic N) is 1. The molecule has 14 heavy (non-hydrogen) atoms. The molecule has 2 bridgehead atoms. The molecule has 0 aromatic heterocycles. The highest BCUT2D eigenvalue weighted by molar-refractivity contribution is 5.68. The van der Waals surface area contributed by atoms with Gasteiger partial charge in [0, 0.05) is 25.2 Å². The van der Waals surface area contributed by atoms with Gasteiger partial charge in [-0.3, -0.25) is 0 Å². The van der Waals surface area contributed by atoms with E-state index in [-0.39, 0.29) is 12.2 Å². The number of nitrogens with one attached hydrogen (secondary N) is 1. The van der Waals surface area contributed by atoms with Gasteiger partial charge in [-0.2, -0.15) is 0 Å². The summed E-state index contributed by atoms with van der Waals surface area (Å²) in [6.45, 7) is 1.67. The van der Waals surface area contributed by atoms with Crippen molar-refractivity contribution in [2.75, 3.05) is 13.1 Å². The average molecular weight is 196 g/mol. The van der Waals surface area contributed by atoms with Gasteiger partial charge in [0.25, 0.3) is 0 Å². The molecular formula is C10H16N2O2. The summed E-state index contributed by atoms with van der Waals surface area (Å²) in [6.07, 6.45) is 4.67. The lowest BCUT2D eigenvalue weighted by Crippen LogP contribution is -2.53. The summed E-state index contributed by atoms with van der Waals surface area (Å²) in [6, 6.07) is 1.03. The summed E-state index contributed by atoms with van der Waals surface area (Å²) in [4.78, 5) is 13.5. The van der Waals surface area contributed by atoms with Crippen molar-refractivity contribution in [3.05, 3.63) is 0 Å². The largest absolute Gasteiger partial charge is 0.446 e. The molecule has 2 saturated heterocycles. The van der Waals surface area contributed by atoms with E-state index in [0.717, 1.165) is 25.9 Å². The van der Waals surface area contributed by atoms with Gasteiger partial charge < -0.3 is 15.0 Å². The van der Waals surface area contributed by atoms with E-state index in [0.29, 0.717) is 12.1 Å². The van der Waals surface area contributed by atoms with E-state index in [9.17, 15) is 4.79 Å². The minimum Gasteiger partial charge on any atom is -0.446 e. The molecule has 3 rings (SSSR count). The van der Waals surface area contributed by atoms with Crippen LogP contribution >= 0.6 is 0 Å². The van der Waals surface area contributed by atoms with Crippen LogP contribution in [0.15, 0.2) is 0 Å². The Morgan fingerprint density at radius 2 is 1.79 bits per heavy atom. The molecule has 1 saturated carbocycles. The van der Waals surface area contributed by atoms with Crippen LogP contribution in [0.5, 0.6) is 0 Å². The first-order chi connectivity index (χ1) is 6.81. The van der Waals surface area contributed by atoms with Crippen molar-refractivity contribution >= 4 is 6.09 Å². The number of fused-ring (bicyclic) bond motifs is 2. The fourth-order valence-electron chi connectivity index (χ4n) is 2.35. The first-order valence-electron chi connectivity index (χ1n) is 5.53. The van der Waals surface area contributed by atoms with Gasteiger partial charge in [-0.1, -0.05) is 0 Å². The number of likely N-dealkylation sites (tertiary alicyclic amines) is 1. The fourth-order valence-corrected chi connectivity index (χ4v) is 2.35. The zero-order chi connectivity index (χ0) is 9.54. The molecule has 2 unspecified atom stereocenters. The third-order valence-corrected chi connectivity index (χ3v) is 3.27. The Morgan fingerprint density at radius 1 is 1.14 bits per heavy atom. The van der Waals surface area contributed by atoms with E-state index in [1.807, 2.05) is 4.90 Å². The van der Waals surface area contributed by atoms with Gasteiger partial charge in [0.05, 0.1) is 0 Å². The number of rotatable bonds is 1. The van der Waals surface area contributed by atoms with Crippen LogP contribution in [0.1, 0.15) is 25.7 Å². The average Bonchev–Trinajstić information content (AvgIpc) is 2.93. The van der Waals surface area contributed by atoms with E-state index in [1.54, 1.807) is 0 Å². The number of piperazine rings is 1. The molecule has 0 spiro atoms. The highest BCUT2D eigenvalue weighted by Gasteiger charge is 2.36. The molecule has 78 valence electrons. The number of hydrogen-bond donors (Lipinski definition) is 1. The Bertz CT molecular complexity index is 241. The summed E-state index contributed by atoms with van der Waals surface area (Å²) in [5, 5.41) is 3.49. The monoisotopic (exact) mass is 196 g/mol. The van der Waals surface area contributed by atoms with Gasteiger partial charge in [-0.15, -0.1) is 0 Å². The maximum atomic E-state index is 11.6. The van der Waals surface area contributed by atoms with E-state index >= 15 is 0 Å². The first kappa shape index (κ1) is 8.53. The molecule has 2 heterocycles. The lowest BCUT2D eigenvalue weighted by Gasteiger charge is -2.32. The van der Waals surface area contributed by atoms with Crippen molar-refractivity contribution in [3.63, 3.8) is 0 Å². The minimum absolute atomic E-state index is 0.0918. The molecule has 1 aliphatic carbocycles. The molecule has 0 radical (unpaired) electrons. The summed E-state index contributed by atoms with van der Waals surface area (Å²) < 4.78 is 5.28. The molecule has 1 N–H and O–H groups in total. The topological polar surface area (TPSA) is 41.6 Å². The van der Waals surface area contributed by atoms with Gasteiger partial charge in [0.2, 0.25) is 0 Å². The van der Waals surface area contributed by atoms with E-state index < -0.39 is 0 Å². The van der Waals surface area contributed by atoms with Crippen LogP contribution in [-0.2, 0) is 4.74 Å². The van der Waals surface area contributed by atoms with Gasteiger partial charge in [0.15, 0.2) is 0 Å². The second-order valence-electron chi connectivity index (χ2n) is 4.63. The Morgan fingerprint density at radius 3 is 2.36 bits per heavy atom. The summed E-state index contributed by atoms with van der Waals surface area (Å²) >= 11 is 0. The summed E-state index contributed by atoms with van der Waals surface area (Å²) in [5.74, 6) is 0. The molecule has 1 amide bonds. The molecule has 4 heteroatoms. The van der Waals surface area contributed by atoms with E-state index in [4.69, 9.17) is 4.74 Å². The molecule has 4 nitrogen and oxygen atoms in total. The minimum atomic E-state index is -0.0918. The van der Waals surface area contributed by atoms with Crippen LogP contribution in [0.4, 0.5) is 4.79 Å². The van der Waals surface area contributed by atoms with Crippen LogP contribution in [0.25, 0.3) is 0 Å². The van der Waals surface area contributed by atoms with Crippen LogP contribution in [-0.4, -0.2) is 42.3 Å². The number of hydrogen-bond acceptors (Lipinski definition) is 3. The lowest BCUT2D eigenvalue weighted by atomic mass is 10.2. The predicted octanol–water partition coefficient (Wildman–Crippen LogP) is 0.722. The maximum Gasteiger partial charge on any atom is 0.410 e. The molecule has 0 aromatic carbocycles. The van der Waals surface area contributed by atoms with Crippen LogP contribution in [0.2, 0.25) is 0 Å². The number of carbonyl (C=O) groups excluding carboxylic acids is 1. The lowest BCUT2D eigenvalue weighted by molar-refractivity contribution is 0.0836. The number of carbonyl (C=O) groups is 1. The van der Waals surface area contributed by atoms with E-state index in [1.165, 1.54) is 12.8 Å². The van der Waals surface area contributed by atoms with Crippen molar-refractivity contribution in [2.45, 2.75) is 43.9 Å². The normalized spacial score (nSPS) is 35.9. The summed E-state index contributed by atoms with van der Waals surface area (Å²) in [5.41, 5.74) is 0. The van der Waals surface area contributed by atoms with Crippen LogP contribution in [0.3, 0.4) is 0 Å². The SMILES string of the molecule is O=C(OC1CC1)N1CC2CCC(C1)N2. The Labute approximate surface area is 83.6 Å². The van der Waals surface area contributed by atoms with Gasteiger partial charge in [0.1, 0.15) is 6.10 Å².